The van der Waals surface area contributed by atoms with Gasteiger partial charge in [-0.25, -0.2) is 0 Å². The van der Waals surface area contributed by atoms with Gasteiger partial charge in [-0.15, -0.1) is 0 Å². The van der Waals surface area contributed by atoms with E-state index < -0.39 is 0 Å². The van der Waals surface area contributed by atoms with Crippen molar-refractivity contribution in [2.45, 2.75) is 26.4 Å². The third-order valence-electron chi connectivity index (χ3n) is 3.66. The maximum absolute atomic E-state index is 12.1. The molecule has 1 amide bonds. The van der Waals surface area contributed by atoms with E-state index in [1.54, 1.807) is 10.9 Å². The quantitative estimate of drug-likeness (QED) is 0.655. The Balaban J connectivity index is 1.57. The highest BCUT2D eigenvalue weighted by Crippen LogP contribution is 2.14. The first-order valence-electron chi connectivity index (χ1n) is 7.76. The lowest BCUT2D eigenvalue weighted by Gasteiger charge is -2.05. The standard InChI is InChI=1S/C17H17BrClN5O/c1-12-8-16(21-17(25)6-7-23-11-14(18)9-20-23)22-24(12)10-13-2-4-15(19)5-3-13/h2-5,8-9,11H,6-7,10H2,1H3,(H,21,22,25). The predicted molar refractivity (Wildman–Crippen MR) is 101 cm³/mol. The summed E-state index contributed by atoms with van der Waals surface area (Å²) in [6, 6.07) is 9.49. The fourth-order valence-corrected chi connectivity index (χ4v) is 2.83. The van der Waals surface area contributed by atoms with Crippen LogP contribution in [0.3, 0.4) is 0 Å². The van der Waals surface area contributed by atoms with E-state index in [1.165, 1.54) is 0 Å². The molecule has 0 saturated carbocycles. The molecule has 0 spiro atoms. The second kappa shape index (κ2) is 7.84. The van der Waals surface area contributed by atoms with Crippen LogP contribution < -0.4 is 5.32 Å². The summed E-state index contributed by atoms with van der Waals surface area (Å²) in [5.74, 6) is 0.459. The number of aryl methyl sites for hydroxylation is 2. The molecule has 0 fully saturated rings. The van der Waals surface area contributed by atoms with Gasteiger partial charge >= 0.3 is 0 Å². The third kappa shape index (κ3) is 4.93. The number of nitrogens with one attached hydrogen (secondary N) is 1. The van der Waals surface area contributed by atoms with Crippen LogP contribution in [0.4, 0.5) is 5.82 Å². The molecule has 1 aromatic carbocycles. The Morgan fingerprint density at radius 3 is 2.76 bits per heavy atom. The average molecular weight is 423 g/mol. The highest BCUT2D eigenvalue weighted by molar-refractivity contribution is 9.10. The summed E-state index contributed by atoms with van der Waals surface area (Å²) in [6.07, 6.45) is 3.86. The minimum absolute atomic E-state index is 0.0947. The number of halogens is 2. The number of aromatic nitrogens is 4. The summed E-state index contributed by atoms with van der Waals surface area (Å²) >= 11 is 9.23. The van der Waals surface area contributed by atoms with Crippen molar-refractivity contribution in [1.29, 1.82) is 0 Å². The molecule has 0 bridgehead atoms. The molecule has 0 saturated heterocycles. The van der Waals surface area contributed by atoms with E-state index >= 15 is 0 Å². The van der Waals surface area contributed by atoms with E-state index in [1.807, 2.05) is 48.1 Å². The number of hydrogen-bond donors (Lipinski definition) is 1. The van der Waals surface area contributed by atoms with Gasteiger partial charge in [-0.2, -0.15) is 10.2 Å². The van der Waals surface area contributed by atoms with Crippen molar-refractivity contribution < 1.29 is 4.79 Å². The number of anilines is 1. The zero-order valence-electron chi connectivity index (χ0n) is 13.6. The second-order valence-corrected chi connectivity index (χ2v) is 7.03. The molecule has 3 aromatic rings. The van der Waals surface area contributed by atoms with Gasteiger partial charge in [0.1, 0.15) is 0 Å². The van der Waals surface area contributed by atoms with E-state index in [2.05, 4.69) is 31.4 Å². The molecular weight excluding hydrogens is 406 g/mol. The Bertz CT molecular complexity index is 872. The van der Waals surface area contributed by atoms with Gasteiger partial charge < -0.3 is 5.32 Å². The first-order chi connectivity index (χ1) is 12.0. The van der Waals surface area contributed by atoms with E-state index in [-0.39, 0.29) is 5.91 Å². The molecule has 2 heterocycles. The highest BCUT2D eigenvalue weighted by atomic mass is 79.9. The van der Waals surface area contributed by atoms with Crippen molar-refractivity contribution in [1.82, 2.24) is 19.6 Å². The van der Waals surface area contributed by atoms with Crippen LogP contribution in [0.1, 0.15) is 17.7 Å². The van der Waals surface area contributed by atoms with Crippen molar-refractivity contribution in [3.05, 3.63) is 63.5 Å². The van der Waals surface area contributed by atoms with Gasteiger partial charge in [-0.3, -0.25) is 14.2 Å². The van der Waals surface area contributed by atoms with Crippen molar-refractivity contribution in [2.24, 2.45) is 0 Å². The number of carbonyl (C=O) groups excluding carboxylic acids is 1. The number of amides is 1. The molecule has 0 aliphatic rings. The van der Waals surface area contributed by atoms with Crippen LogP contribution in [0, 0.1) is 6.92 Å². The van der Waals surface area contributed by atoms with Crippen molar-refractivity contribution >= 4 is 39.3 Å². The summed E-state index contributed by atoms with van der Waals surface area (Å²) < 4.78 is 4.46. The van der Waals surface area contributed by atoms with Gasteiger partial charge in [0.2, 0.25) is 5.91 Å². The predicted octanol–water partition coefficient (Wildman–Crippen LogP) is 3.88. The molecule has 0 unspecified atom stereocenters. The molecule has 8 heteroatoms. The summed E-state index contributed by atoms with van der Waals surface area (Å²) in [7, 11) is 0. The maximum Gasteiger partial charge on any atom is 0.227 e. The summed E-state index contributed by atoms with van der Waals surface area (Å²) in [6.45, 7) is 3.10. The van der Waals surface area contributed by atoms with Gasteiger partial charge in [-0.05, 0) is 40.5 Å². The van der Waals surface area contributed by atoms with Crippen molar-refractivity contribution in [3.63, 3.8) is 0 Å². The fraction of sp³-hybridized carbons (Fsp3) is 0.235. The lowest BCUT2D eigenvalue weighted by atomic mass is 10.2. The molecule has 0 aliphatic carbocycles. The van der Waals surface area contributed by atoms with Crippen LogP contribution in [-0.4, -0.2) is 25.5 Å². The summed E-state index contributed by atoms with van der Waals surface area (Å²) in [4.78, 5) is 12.1. The fourth-order valence-electron chi connectivity index (χ4n) is 2.38. The number of rotatable bonds is 6. The Labute approximate surface area is 158 Å². The lowest BCUT2D eigenvalue weighted by molar-refractivity contribution is -0.116. The molecule has 0 aliphatic heterocycles. The monoisotopic (exact) mass is 421 g/mol. The molecule has 0 radical (unpaired) electrons. The molecule has 2 aromatic heterocycles. The molecule has 1 N–H and O–H groups in total. The topological polar surface area (TPSA) is 64.7 Å². The van der Waals surface area contributed by atoms with Crippen LogP contribution in [0.5, 0.6) is 0 Å². The van der Waals surface area contributed by atoms with Gasteiger partial charge in [0.05, 0.1) is 17.2 Å². The van der Waals surface area contributed by atoms with Crippen LogP contribution in [0.25, 0.3) is 0 Å². The van der Waals surface area contributed by atoms with Crippen molar-refractivity contribution in [2.75, 3.05) is 5.32 Å². The minimum atomic E-state index is -0.0947. The molecule has 6 nitrogen and oxygen atoms in total. The summed E-state index contributed by atoms with van der Waals surface area (Å²) in [5.41, 5.74) is 2.07. The first-order valence-corrected chi connectivity index (χ1v) is 8.93. The number of nitrogens with zero attached hydrogens (tertiary/aromatic N) is 4. The summed E-state index contributed by atoms with van der Waals surface area (Å²) in [5, 5.41) is 12.1. The Morgan fingerprint density at radius 1 is 1.32 bits per heavy atom. The lowest BCUT2D eigenvalue weighted by Crippen LogP contribution is -2.15. The Kier molecular flexibility index (Phi) is 5.55. The van der Waals surface area contributed by atoms with E-state index in [0.717, 1.165) is 15.7 Å². The highest BCUT2D eigenvalue weighted by Gasteiger charge is 2.09. The zero-order chi connectivity index (χ0) is 17.8. The largest absolute Gasteiger partial charge is 0.309 e. The normalized spacial score (nSPS) is 10.8. The molecule has 25 heavy (non-hydrogen) atoms. The van der Waals surface area contributed by atoms with Crippen molar-refractivity contribution in [3.8, 4) is 0 Å². The number of hydrogen-bond acceptors (Lipinski definition) is 3. The maximum atomic E-state index is 12.1. The third-order valence-corrected chi connectivity index (χ3v) is 4.33. The van der Waals surface area contributed by atoms with Crippen LogP contribution in [0.2, 0.25) is 5.02 Å². The Morgan fingerprint density at radius 2 is 2.08 bits per heavy atom. The molecule has 0 atom stereocenters. The van der Waals surface area contributed by atoms with E-state index in [4.69, 9.17) is 11.6 Å². The second-order valence-electron chi connectivity index (χ2n) is 5.67. The van der Waals surface area contributed by atoms with Crippen LogP contribution >= 0.6 is 27.5 Å². The van der Waals surface area contributed by atoms with Gasteiger partial charge in [-0.1, -0.05) is 23.7 Å². The zero-order valence-corrected chi connectivity index (χ0v) is 16.0. The van der Waals surface area contributed by atoms with Gasteiger partial charge in [0, 0.05) is 35.9 Å². The molecule has 3 rings (SSSR count). The Hall–Kier alpha value is -2.12. The minimum Gasteiger partial charge on any atom is -0.309 e. The van der Waals surface area contributed by atoms with Gasteiger partial charge in [0.25, 0.3) is 0 Å². The number of benzene rings is 1. The van der Waals surface area contributed by atoms with Gasteiger partial charge in [0.15, 0.2) is 5.82 Å². The smallest absolute Gasteiger partial charge is 0.227 e. The van der Waals surface area contributed by atoms with E-state index in [9.17, 15) is 4.79 Å². The molecule has 130 valence electrons. The number of carbonyl (C=O) groups is 1. The van der Waals surface area contributed by atoms with Crippen LogP contribution in [0.15, 0.2) is 47.2 Å². The first kappa shape index (κ1) is 17.7. The van der Waals surface area contributed by atoms with E-state index in [0.29, 0.717) is 30.4 Å². The average Bonchev–Trinajstić information content (AvgIpc) is 3.13. The van der Waals surface area contributed by atoms with Crippen LogP contribution in [-0.2, 0) is 17.9 Å². The molecular formula is C17H17BrClN5O. The SMILES string of the molecule is Cc1cc(NC(=O)CCn2cc(Br)cn2)nn1Cc1ccc(Cl)cc1.